The lowest BCUT2D eigenvalue weighted by atomic mass is 9.98. The maximum atomic E-state index is 13.4. The van der Waals surface area contributed by atoms with Crippen LogP contribution in [0.4, 0.5) is 14.7 Å². The molecule has 10 heteroatoms. The Balaban J connectivity index is 1.44. The molecule has 0 spiro atoms. The largest absolute Gasteiger partial charge is 0.347 e. The number of thiazole rings is 1. The molecule has 1 fully saturated rings. The zero-order valence-electron chi connectivity index (χ0n) is 14.6. The Kier molecular flexibility index (Phi) is 5.55. The van der Waals surface area contributed by atoms with Crippen molar-refractivity contribution >= 4 is 60.8 Å². The van der Waals surface area contributed by atoms with Gasteiger partial charge in [0.2, 0.25) is 11.0 Å². The number of benzene rings is 1. The van der Waals surface area contributed by atoms with Crippen LogP contribution in [0.15, 0.2) is 22.5 Å². The Morgan fingerprint density at radius 3 is 3.15 bits per heavy atom. The van der Waals surface area contributed by atoms with E-state index in [2.05, 4.69) is 32.3 Å². The highest BCUT2D eigenvalue weighted by Crippen LogP contribution is 2.32. The first-order valence-electron chi connectivity index (χ1n) is 8.70. The van der Waals surface area contributed by atoms with Crippen molar-refractivity contribution < 1.29 is 9.18 Å². The number of aromatic nitrogens is 3. The fourth-order valence-corrected chi connectivity index (χ4v) is 5.71. The van der Waals surface area contributed by atoms with Crippen LogP contribution >= 0.6 is 34.4 Å². The van der Waals surface area contributed by atoms with Gasteiger partial charge in [0.25, 0.3) is 0 Å². The summed E-state index contributed by atoms with van der Waals surface area (Å²) in [6.45, 7) is 3.50. The number of hydrogen-bond acceptors (Lipinski definition) is 8. The molecule has 6 nitrogen and oxygen atoms in total. The van der Waals surface area contributed by atoms with Crippen LogP contribution in [0.25, 0.3) is 10.2 Å². The Bertz CT molecular complexity index is 959. The first kappa shape index (κ1) is 18.6. The van der Waals surface area contributed by atoms with E-state index in [1.54, 1.807) is 17.8 Å². The molecule has 1 aliphatic rings. The smallest absolute Gasteiger partial charge is 0.231 e. The summed E-state index contributed by atoms with van der Waals surface area (Å²) >= 11 is 4.48. The van der Waals surface area contributed by atoms with Gasteiger partial charge in [0, 0.05) is 13.1 Å². The molecule has 27 heavy (non-hydrogen) atoms. The third kappa shape index (κ3) is 4.22. The average Bonchev–Trinajstić information content (AvgIpc) is 3.28. The van der Waals surface area contributed by atoms with Gasteiger partial charge >= 0.3 is 0 Å². The van der Waals surface area contributed by atoms with Crippen LogP contribution in [-0.4, -0.2) is 39.9 Å². The zero-order valence-corrected chi connectivity index (χ0v) is 17.1. The van der Waals surface area contributed by atoms with E-state index < -0.39 is 0 Å². The maximum Gasteiger partial charge on any atom is 0.231 e. The number of hydrogen-bond donors (Lipinski definition) is 1. The summed E-state index contributed by atoms with van der Waals surface area (Å²) in [5.74, 6) is 0.502. The van der Waals surface area contributed by atoms with Crippen molar-refractivity contribution in [2.45, 2.75) is 24.1 Å². The first-order chi connectivity index (χ1) is 13.1. The lowest BCUT2D eigenvalue weighted by Crippen LogP contribution is -2.40. The molecule has 3 heterocycles. The third-order valence-electron chi connectivity index (χ3n) is 4.31. The number of nitrogens with zero attached hydrogens (tertiary/aromatic N) is 4. The van der Waals surface area contributed by atoms with Crippen molar-refractivity contribution in [1.82, 2.24) is 15.2 Å². The number of nitrogens with one attached hydrogen (secondary N) is 1. The van der Waals surface area contributed by atoms with Crippen LogP contribution in [0.5, 0.6) is 0 Å². The van der Waals surface area contributed by atoms with Crippen LogP contribution in [0.2, 0.25) is 0 Å². The average molecular weight is 424 g/mol. The van der Waals surface area contributed by atoms with Gasteiger partial charge in [-0.2, -0.15) is 0 Å². The molecule has 0 aliphatic carbocycles. The molecule has 1 saturated heterocycles. The van der Waals surface area contributed by atoms with Crippen LogP contribution in [-0.2, 0) is 4.79 Å². The molecule has 1 amide bonds. The van der Waals surface area contributed by atoms with E-state index in [1.807, 2.05) is 0 Å². The molecule has 0 bridgehead atoms. The highest BCUT2D eigenvalue weighted by atomic mass is 32.2. The van der Waals surface area contributed by atoms with Crippen molar-refractivity contribution in [2.24, 2.45) is 5.92 Å². The standard InChI is InChI=1S/C17H18FN5OS3/c1-2-25-17-22-21-15(27-17)20-14(24)10-4-3-7-23(9-10)16-19-12-6-5-11(18)8-13(12)26-16/h5-6,8,10H,2-4,7,9H2,1H3,(H,20,21,24). The van der Waals surface area contributed by atoms with Gasteiger partial charge in [-0.15, -0.1) is 10.2 Å². The van der Waals surface area contributed by atoms with Gasteiger partial charge < -0.3 is 10.2 Å². The van der Waals surface area contributed by atoms with Gasteiger partial charge in [-0.25, -0.2) is 9.37 Å². The number of fused-ring (bicyclic) bond motifs is 1. The summed E-state index contributed by atoms with van der Waals surface area (Å²) < 4.78 is 15.1. The zero-order chi connectivity index (χ0) is 18.8. The summed E-state index contributed by atoms with van der Waals surface area (Å²) in [6.07, 6.45) is 1.74. The lowest BCUT2D eigenvalue weighted by Gasteiger charge is -2.31. The predicted octanol–water partition coefficient (Wildman–Crippen LogP) is 4.25. The fourth-order valence-electron chi connectivity index (χ4n) is 3.04. The summed E-state index contributed by atoms with van der Waals surface area (Å²) in [5, 5.41) is 12.4. The summed E-state index contributed by atoms with van der Waals surface area (Å²) in [4.78, 5) is 19.4. The van der Waals surface area contributed by atoms with E-state index in [4.69, 9.17) is 0 Å². The van der Waals surface area contributed by atoms with Gasteiger partial charge in [0.15, 0.2) is 9.47 Å². The van der Waals surface area contributed by atoms with Crippen molar-refractivity contribution in [3.63, 3.8) is 0 Å². The number of halogens is 1. The molecule has 0 saturated carbocycles. The SMILES string of the molecule is CCSc1nnc(NC(=O)C2CCCN(c3nc4ccc(F)cc4s3)C2)s1. The Morgan fingerprint density at radius 2 is 2.30 bits per heavy atom. The van der Waals surface area contributed by atoms with E-state index in [9.17, 15) is 9.18 Å². The highest BCUT2D eigenvalue weighted by Gasteiger charge is 2.28. The summed E-state index contributed by atoms with van der Waals surface area (Å²) in [7, 11) is 0. The molecule has 1 aromatic carbocycles. The lowest BCUT2D eigenvalue weighted by molar-refractivity contribution is -0.120. The molecular weight excluding hydrogens is 405 g/mol. The van der Waals surface area contributed by atoms with Gasteiger partial charge in [0.1, 0.15) is 5.82 Å². The number of carbonyl (C=O) groups is 1. The second kappa shape index (κ2) is 8.07. The van der Waals surface area contributed by atoms with Crippen LogP contribution in [0, 0.1) is 11.7 Å². The molecule has 1 N–H and O–H groups in total. The summed E-state index contributed by atoms with van der Waals surface area (Å²) in [6, 6.07) is 4.62. The number of anilines is 2. The van der Waals surface area contributed by atoms with Crippen molar-refractivity contribution in [2.75, 3.05) is 29.1 Å². The van der Waals surface area contributed by atoms with E-state index >= 15 is 0 Å². The van der Waals surface area contributed by atoms with Gasteiger partial charge in [0.05, 0.1) is 16.1 Å². The molecule has 142 valence electrons. The highest BCUT2D eigenvalue weighted by molar-refractivity contribution is 8.01. The third-order valence-corrected chi connectivity index (χ3v) is 7.24. The van der Waals surface area contributed by atoms with E-state index in [0.29, 0.717) is 11.7 Å². The van der Waals surface area contributed by atoms with Gasteiger partial charge in [-0.1, -0.05) is 41.4 Å². The Morgan fingerprint density at radius 1 is 1.41 bits per heavy atom. The molecule has 2 aromatic heterocycles. The molecular formula is C17H18FN5OS3. The minimum atomic E-state index is -0.258. The number of amides is 1. The number of thioether (sulfide) groups is 1. The molecule has 1 aliphatic heterocycles. The van der Waals surface area contributed by atoms with Crippen LogP contribution in [0.3, 0.4) is 0 Å². The van der Waals surface area contributed by atoms with Crippen molar-refractivity contribution in [3.05, 3.63) is 24.0 Å². The molecule has 1 atom stereocenters. The minimum Gasteiger partial charge on any atom is -0.347 e. The molecule has 0 radical (unpaired) electrons. The Hall–Kier alpha value is -1.78. The van der Waals surface area contributed by atoms with Crippen molar-refractivity contribution in [1.29, 1.82) is 0 Å². The first-order valence-corrected chi connectivity index (χ1v) is 11.3. The number of rotatable bonds is 5. The predicted molar refractivity (Wildman–Crippen MR) is 109 cm³/mol. The maximum absolute atomic E-state index is 13.4. The second-order valence-electron chi connectivity index (χ2n) is 6.19. The fraction of sp³-hybridized carbons (Fsp3) is 0.412. The monoisotopic (exact) mass is 423 g/mol. The second-order valence-corrected chi connectivity index (χ2v) is 9.69. The number of piperidine rings is 1. The van der Waals surface area contributed by atoms with Crippen LogP contribution in [0.1, 0.15) is 19.8 Å². The summed E-state index contributed by atoms with van der Waals surface area (Å²) in [5.41, 5.74) is 0.790. The van der Waals surface area contributed by atoms with E-state index in [0.717, 1.165) is 44.8 Å². The topological polar surface area (TPSA) is 71.0 Å². The quantitative estimate of drug-likeness (QED) is 0.489. The molecule has 1 unspecified atom stereocenters. The molecule has 4 rings (SSSR count). The van der Waals surface area contributed by atoms with Crippen LogP contribution < -0.4 is 10.2 Å². The van der Waals surface area contributed by atoms with E-state index in [-0.39, 0.29) is 17.6 Å². The minimum absolute atomic E-state index is 0.0314. The molecule has 3 aromatic rings. The van der Waals surface area contributed by atoms with Crippen molar-refractivity contribution in [3.8, 4) is 0 Å². The Labute approximate surface area is 168 Å². The normalized spacial score (nSPS) is 17.4. The number of carbonyl (C=O) groups excluding carboxylic acids is 1. The van der Waals surface area contributed by atoms with Gasteiger partial charge in [-0.05, 0) is 36.8 Å². The van der Waals surface area contributed by atoms with Gasteiger partial charge in [-0.3, -0.25) is 4.79 Å². The van der Waals surface area contributed by atoms with E-state index in [1.165, 1.54) is 34.8 Å².